The number of carbonyl (C=O) groups excluding carboxylic acids is 4. The summed E-state index contributed by atoms with van der Waals surface area (Å²) in [5.41, 5.74) is 3.46. The number of rotatable bonds is 17. The predicted molar refractivity (Wildman–Crippen MR) is 202 cm³/mol. The largest absolute Gasteiger partial charge is 0.445 e. The molecular weight excluding hydrogens is 677 g/mol. The maximum atomic E-state index is 14.3. The average molecular weight is 719 g/mol. The summed E-state index contributed by atoms with van der Waals surface area (Å²) < 4.78 is 10.9. The number of hydrogen-bond acceptors (Lipinski definition) is 7. The van der Waals surface area contributed by atoms with Gasteiger partial charge in [0.2, 0.25) is 11.8 Å². The van der Waals surface area contributed by atoms with Crippen LogP contribution in [0.4, 0.5) is 4.79 Å². The third-order valence-corrected chi connectivity index (χ3v) is 10.1. The molecular formula is C41H42N4O6S. The third kappa shape index (κ3) is 9.89. The third-order valence-electron chi connectivity index (χ3n) is 8.96. The molecule has 3 amide bonds. The van der Waals surface area contributed by atoms with E-state index in [2.05, 4.69) is 20.9 Å². The summed E-state index contributed by atoms with van der Waals surface area (Å²) in [6.45, 7) is 2.02. The first-order chi connectivity index (χ1) is 25.3. The van der Waals surface area contributed by atoms with Gasteiger partial charge in [0, 0.05) is 35.0 Å². The molecule has 0 spiro atoms. The molecule has 3 unspecified atom stereocenters. The SMILES string of the molecule is CC1(C(=O)C(Cc2ccccc2)NC(=O)[C@H](Cc2c[nH]c3ccccc23)NC(=O)C(CSCc2ccccc2)NC(=O)OCc2ccccc2)CO1. The highest BCUT2D eigenvalue weighted by molar-refractivity contribution is 7.98. The molecule has 5 aromatic rings. The molecule has 268 valence electrons. The highest BCUT2D eigenvalue weighted by atomic mass is 32.2. The lowest BCUT2D eigenvalue weighted by molar-refractivity contribution is -0.133. The van der Waals surface area contributed by atoms with Gasteiger partial charge in [-0.05, 0) is 41.7 Å². The normalized spacial score (nSPS) is 16.6. The van der Waals surface area contributed by atoms with Crippen LogP contribution >= 0.6 is 11.8 Å². The summed E-state index contributed by atoms with van der Waals surface area (Å²) in [5, 5.41) is 9.50. The number of alkyl carbamates (subject to hydrolysis) is 1. The van der Waals surface area contributed by atoms with E-state index >= 15 is 0 Å². The number of ether oxygens (including phenoxy) is 2. The fourth-order valence-corrected chi connectivity index (χ4v) is 6.93. The van der Waals surface area contributed by atoms with E-state index in [-0.39, 0.29) is 37.6 Å². The van der Waals surface area contributed by atoms with E-state index in [0.717, 1.165) is 33.2 Å². The van der Waals surface area contributed by atoms with Gasteiger partial charge in [0.15, 0.2) is 5.78 Å². The Bertz CT molecular complexity index is 1970. The summed E-state index contributed by atoms with van der Waals surface area (Å²) in [4.78, 5) is 58.3. The van der Waals surface area contributed by atoms with Crippen molar-refractivity contribution in [1.82, 2.24) is 20.9 Å². The van der Waals surface area contributed by atoms with Crippen LogP contribution < -0.4 is 16.0 Å². The molecule has 1 aromatic heterocycles. The van der Waals surface area contributed by atoms with Gasteiger partial charge in [0.1, 0.15) is 24.3 Å². The minimum atomic E-state index is -1.09. The van der Waals surface area contributed by atoms with Crippen molar-refractivity contribution >= 4 is 46.4 Å². The molecule has 52 heavy (non-hydrogen) atoms. The molecule has 4 atom stereocenters. The number of epoxide rings is 1. The molecule has 4 N–H and O–H groups in total. The Morgan fingerprint density at radius 1 is 0.731 bits per heavy atom. The quantitative estimate of drug-likeness (QED) is 0.0930. The Hall–Kier alpha value is -5.39. The number of carbonyl (C=O) groups is 4. The zero-order valence-corrected chi connectivity index (χ0v) is 29.7. The molecule has 11 heteroatoms. The summed E-state index contributed by atoms with van der Waals surface area (Å²) in [6.07, 6.45) is 1.44. The van der Waals surface area contributed by atoms with Crippen molar-refractivity contribution in [2.24, 2.45) is 0 Å². The minimum Gasteiger partial charge on any atom is -0.445 e. The fraction of sp³-hybridized carbons (Fsp3) is 0.268. The zero-order valence-electron chi connectivity index (χ0n) is 28.9. The van der Waals surface area contributed by atoms with Gasteiger partial charge in [-0.2, -0.15) is 11.8 Å². The summed E-state index contributed by atoms with van der Waals surface area (Å²) in [6, 6.07) is 33.2. The van der Waals surface area contributed by atoms with E-state index in [9.17, 15) is 19.2 Å². The minimum absolute atomic E-state index is 0.0310. The van der Waals surface area contributed by atoms with Crippen LogP contribution in [0.5, 0.6) is 0 Å². The Morgan fingerprint density at radius 3 is 1.98 bits per heavy atom. The second-order valence-corrected chi connectivity index (χ2v) is 14.0. The van der Waals surface area contributed by atoms with Gasteiger partial charge < -0.3 is 30.4 Å². The van der Waals surface area contributed by atoms with Crippen molar-refractivity contribution in [3.63, 3.8) is 0 Å². The lowest BCUT2D eigenvalue weighted by Crippen LogP contribution is -2.58. The van der Waals surface area contributed by atoms with Crippen molar-refractivity contribution < 1.29 is 28.7 Å². The molecule has 10 nitrogen and oxygen atoms in total. The fourth-order valence-electron chi connectivity index (χ4n) is 5.91. The van der Waals surface area contributed by atoms with Crippen molar-refractivity contribution in [3.05, 3.63) is 144 Å². The van der Waals surface area contributed by atoms with Gasteiger partial charge in [-0.1, -0.05) is 109 Å². The van der Waals surface area contributed by atoms with E-state index < -0.39 is 41.6 Å². The Labute approximate surface area is 307 Å². The number of fused-ring (bicyclic) bond motifs is 1. The zero-order chi connectivity index (χ0) is 36.3. The molecule has 0 radical (unpaired) electrons. The smallest absolute Gasteiger partial charge is 0.408 e. The number of para-hydroxylation sites is 1. The van der Waals surface area contributed by atoms with Crippen LogP contribution in [0.15, 0.2) is 121 Å². The summed E-state index contributed by atoms with van der Waals surface area (Å²) in [7, 11) is 0. The molecule has 0 aliphatic carbocycles. The number of thioether (sulfide) groups is 1. The van der Waals surface area contributed by atoms with E-state index in [1.54, 1.807) is 6.92 Å². The van der Waals surface area contributed by atoms with Gasteiger partial charge in [-0.3, -0.25) is 14.4 Å². The average Bonchev–Trinajstić information content (AvgIpc) is 3.80. The van der Waals surface area contributed by atoms with Crippen LogP contribution in [0.3, 0.4) is 0 Å². The lowest BCUT2D eigenvalue weighted by atomic mass is 9.94. The van der Waals surface area contributed by atoms with E-state index in [0.29, 0.717) is 5.75 Å². The maximum Gasteiger partial charge on any atom is 0.408 e. The van der Waals surface area contributed by atoms with Crippen LogP contribution in [0.2, 0.25) is 0 Å². The van der Waals surface area contributed by atoms with Crippen LogP contribution in [-0.2, 0) is 49.1 Å². The molecule has 2 heterocycles. The lowest BCUT2D eigenvalue weighted by Gasteiger charge is -2.26. The van der Waals surface area contributed by atoms with Crippen LogP contribution in [0.1, 0.15) is 29.2 Å². The number of aromatic amines is 1. The second kappa shape index (κ2) is 17.2. The number of aromatic nitrogens is 1. The second-order valence-electron chi connectivity index (χ2n) is 13.0. The van der Waals surface area contributed by atoms with Crippen molar-refractivity contribution in [2.75, 3.05) is 12.4 Å². The highest BCUT2D eigenvalue weighted by Crippen LogP contribution is 2.29. The van der Waals surface area contributed by atoms with Crippen molar-refractivity contribution in [3.8, 4) is 0 Å². The molecule has 0 saturated carbocycles. The molecule has 0 bridgehead atoms. The first kappa shape index (κ1) is 36.4. The number of nitrogens with one attached hydrogen (secondary N) is 4. The molecule has 6 rings (SSSR count). The van der Waals surface area contributed by atoms with Gasteiger partial charge in [-0.25, -0.2) is 4.79 Å². The van der Waals surface area contributed by atoms with Gasteiger partial charge in [-0.15, -0.1) is 0 Å². The van der Waals surface area contributed by atoms with Crippen LogP contribution in [0.25, 0.3) is 10.9 Å². The van der Waals surface area contributed by atoms with E-state index in [4.69, 9.17) is 9.47 Å². The van der Waals surface area contributed by atoms with Crippen molar-refractivity contribution in [2.45, 2.75) is 55.9 Å². The van der Waals surface area contributed by atoms with Gasteiger partial charge in [0.05, 0.1) is 12.6 Å². The number of H-pyrrole nitrogens is 1. The molecule has 4 aromatic carbocycles. The monoisotopic (exact) mass is 718 g/mol. The molecule has 1 fully saturated rings. The Balaban J connectivity index is 1.22. The maximum absolute atomic E-state index is 14.3. The first-order valence-electron chi connectivity index (χ1n) is 17.2. The molecule has 1 aliphatic heterocycles. The first-order valence-corrected chi connectivity index (χ1v) is 18.4. The number of Topliss-reactive ketones (excluding diaryl/α,β-unsaturated/α-hetero) is 1. The standard InChI is InChI=1S/C41H42N4O6S/c1-41(27-51-41)37(46)34(21-28-13-5-2-6-14-28)43-38(47)35(22-31-23-42-33-20-12-11-19-32(31)33)44-39(48)36(26-52-25-30-17-9-4-10-18-30)45-40(49)50-24-29-15-7-3-8-16-29/h2-20,23,34-36,42H,21-22,24-27H2,1H3,(H,43,47)(H,44,48)(H,45,49)/t34?,35-,36?,41?/m0/s1. The predicted octanol–water partition coefficient (Wildman–Crippen LogP) is 5.51. The van der Waals surface area contributed by atoms with Crippen LogP contribution in [0, 0.1) is 0 Å². The molecule has 1 aliphatic rings. The summed E-state index contributed by atoms with van der Waals surface area (Å²) in [5.74, 6) is -0.498. The van der Waals surface area contributed by atoms with E-state index in [1.807, 2.05) is 121 Å². The van der Waals surface area contributed by atoms with Crippen LogP contribution in [-0.4, -0.2) is 64.8 Å². The van der Waals surface area contributed by atoms with Gasteiger partial charge in [0.25, 0.3) is 0 Å². The van der Waals surface area contributed by atoms with E-state index in [1.165, 1.54) is 11.8 Å². The summed E-state index contributed by atoms with van der Waals surface area (Å²) >= 11 is 1.47. The number of ketones is 1. The topological polar surface area (TPSA) is 142 Å². The Morgan fingerprint density at radius 2 is 1.31 bits per heavy atom. The molecule has 1 saturated heterocycles. The number of benzene rings is 4. The van der Waals surface area contributed by atoms with Crippen molar-refractivity contribution in [1.29, 1.82) is 0 Å². The Kier molecular flexibility index (Phi) is 12.1. The number of hydrogen-bond donors (Lipinski definition) is 4. The number of amides is 3. The highest BCUT2D eigenvalue weighted by Gasteiger charge is 2.50. The van der Waals surface area contributed by atoms with Gasteiger partial charge >= 0.3 is 6.09 Å².